The van der Waals surface area contributed by atoms with E-state index in [2.05, 4.69) is 54.5 Å². The first-order valence-electron chi connectivity index (χ1n) is 31.2. The molecule has 10 aliphatic rings. The Morgan fingerprint density at radius 1 is 0.506 bits per heavy atom. The minimum Gasteiger partial charge on any atom is -0.432 e. The monoisotopic (exact) mass is 1250 g/mol. The average molecular weight is 1250 g/mol. The summed E-state index contributed by atoms with van der Waals surface area (Å²) in [5, 5.41) is 172. The lowest BCUT2D eigenvalue weighted by atomic mass is 9.33. The van der Waals surface area contributed by atoms with E-state index in [-0.39, 0.29) is 39.4 Å². The van der Waals surface area contributed by atoms with Gasteiger partial charge in [-0.3, -0.25) is 4.79 Å². The van der Waals surface area contributed by atoms with Crippen LogP contribution in [0.3, 0.4) is 0 Å². The largest absolute Gasteiger partial charge is 0.432 e. The fourth-order valence-corrected chi connectivity index (χ4v) is 17.9. The highest BCUT2D eigenvalue weighted by Gasteiger charge is 2.70. The average Bonchev–Trinajstić information content (AvgIpc) is 0.686. The molecular weight excluding hydrogens is 1150 g/mol. The van der Waals surface area contributed by atoms with Crippen LogP contribution in [-0.4, -0.2) is 274 Å². The van der Waals surface area contributed by atoms with Gasteiger partial charge in [-0.25, -0.2) is 0 Å². The van der Waals surface area contributed by atoms with Crippen LogP contribution in [0.25, 0.3) is 0 Å². The number of hydrogen-bond donors (Lipinski definition) is 16. The van der Waals surface area contributed by atoms with E-state index in [9.17, 15) is 81.7 Å². The molecular formula is C60H98O27. The van der Waals surface area contributed by atoms with Crippen molar-refractivity contribution >= 4 is 5.97 Å². The van der Waals surface area contributed by atoms with E-state index in [1.807, 2.05) is 0 Å². The third kappa shape index (κ3) is 11.5. The highest BCUT2D eigenvalue weighted by atomic mass is 16.8. The molecule has 27 nitrogen and oxygen atoms in total. The van der Waals surface area contributed by atoms with E-state index in [0.717, 1.165) is 25.7 Å². The van der Waals surface area contributed by atoms with Crippen molar-refractivity contribution in [3.8, 4) is 0 Å². The quantitative estimate of drug-likeness (QED) is 0.0463. The summed E-state index contributed by atoms with van der Waals surface area (Å²) >= 11 is 0. The number of rotatable bonds is 14. The number of fused-ring (bicyclic) bond motifs is 7. The van der Waals surface area contributed by atoms with Gasteiger partial charge in [-0.2, -0.15) is 0 Å². The van der Waals surface area contributed by atoms with Crippen molar-refractivity contribution in [1.82, 2.24) is 0 Å². The summed E-state index contributed by atoms with van der Waals surface area (Å²) in [5.41, 5.74) is -1.41. The molecule has 0 aromatic heterocycles. The van der Waals surface area contributed by atoms with Crippen LogP contribution in [-0.2, 0) is 52.2 Å². The van der Waals surface area contributed by atoms with Crippen LogP contribution in [0.5, 0.6) is 0 Å². The molecule has 33 atom stereocenters. The lowest BCUT2D eigenvalue weighted by Crippen LogP contribution is -2.67. The van der Waals surface area contributed by atoms with E-state index >= 15 is 4.79 Å². The summed E-state index contributed by atoms with van der Waals surface area (Å²) in [7, 11) is 0. The van der Waals surface area contributed by atoms with Crippen LogP contribution >= 0.6 is 0 Å². The molecule has 16 N–H and O–H groups in total. The predicted octanol–water partition coefficient (Wildman–Crippen LogP) is -3.18. The number of carbonyl (C=O) groups excluding carboxylic acids is 1. The third-order valence-corrected chi connectivity index (χ3v) is 23.5. The van der Waals surface area contributed by atoms with Crippen molar-refractivity contribution in [3.05, 3.63) is 11.6 Å². The van der Waals surface area contributed by atoms with Crippen LogP contribution in [0.4, 0.5) is 0 Å². The summed E-state index contributed by atoms with van der Waals surface area (Å²) in [6.07, 6.45) is -32.2. The molecule has 5 heterocycles. The van der Waals surface area contributed by atoms with Gasteiger partial charge in [0.2, 0.25) is 6.29 Å². The Labute approximate surface area is 506 Å². The fraction of sp³-hybridized carbons (Fsp3) is 0.950. The van der Waals surface area contributed by atoms with Crippen LogP contribution in [0.15, 0.2) is 11.6 Å². The van der Waals surface area contributed by atoms with E-state index in [0.29, 0.717) is 38.5 Å². The van der Waals surface area contributed by atoms with Gasteiger partial charge in [0.15, 0.2) is 25.2 Å². The van der Waals surface area contributed by atoms with Crippen molar-refractivity contribution in [2.75, 3.05) is 26.4 Å². The number of esters is 1. The molecule has 10 rings (SSSR count). The molecule has 0 aromatic carbocycles. The second-order valence-corrected chi connectivity index (χ2v) is 29.1. The number of aliphatic hydroxyl groups is 16. The van der Waals surface area contributed by atoms with Crippen molar-refractivity contribution in [3.63, 3.8) is 0 Å². The van der Waals surface area contributed by atoms with Crippen molar-refractivity contribution in [2.45, 2.75) is 279 Å². The van der Waals surface area contributed by atoms with Gasteiger partial charge in [0, 0.05) is 0 Å². The molecule has 0 amide bonds. The zero-order chi connectivity index (χ0) is 63.6. The lowest BCUT2D eigenvalue weighted by molar-refractivity contribution is -0.369. The molecule has 0 bridgehead atoms. The second-order valence-electron chi connectivity index (χ2n) is 29.1. The van der Waals surface area contributed by atoms with Gasteiger partial charge >= 0.3 is 5.97 Å². The molecule has 0 aromatic rings. The molecule has 4 saturated carbocycles. The molecule has 0 spiro atoms. The zero-order valence-electron chi connectivity index (χ0n) is 50.9. The Balaban J connectivity index is 0.821. The summed E-state index contributed by atoms with van der Waals surface area (Å²) in [5.74, 6) is -0.611. The minimum absolute atomic E-state index is 0.101. The zero-order valence-corrected chi connectivity index (χ0v) is 50.9. The highest BCUT2D eigenvalue weighted by Crippen LogP contribution is 2.76. The van der Waals surface area contributed by atoms with E-state index in [4.69, 9.17) is 47.4 Å². The molecule has 27 heteroatoms. The SMILES string of the molecule is C[C@@H]1O[C@@H](O[C@H]2[C@H](O)[C@@H](O)[C@H](OC[C@H]3O[C@@H](OC(=O)[C@]45CCC(C)(C)C[C@H]4C4=CC[C@@H]6[C@@]7(C)CC[C@H](O[C@@H]8O[C@H](CO)[C@@H](O)[C@H](O[C@@H]9O[C@H](CO)[C@@H](O)[C@H](O)[C@H]9O)[C@H]8O)C(C)(C)[C@@H]7CC[C@@]6(C)[C@]4(C)CC5)[C@H](O)[C@@H](O)[C@@H]3O)O[C@@H]2CO)[C@H](O)[C@H](O)[C@H]1O. The molecule has 0 unspecified atom stereocenters. The summed E-state index contributed by atoms with van der Waals surface area (Å²) < 4.78 is 59.1. The lowest BCUT2D eigenvalue weighted by Gasteiger charge is -2.71. The molecule has 5 aliphatic carbocycles. The standard InChI is InChI=1S/C60H98O27/c1-24-34(64)38(68)42(72)50(79-24)85-47-29(22-63)82-49(45(75)41(47)71)78-23-30-36(66)40(70)44(74)52(83-30)87-54(77)60-17-15-55(2,3)19-26(60)25-9-10-32-57(6)13-12-33(56(4,5)31(57)11-14-59(32,8)58(25,7)16-18-60)84-53-46(76)48(37(67)28(21-62)81-53)86-51-43(73)39(69)35(65)27(20-61)80-51/h9,24,26-53,61-76H,10-23H2,1-8H3/t24-,26-,27+,28+,29+,30+,31-,32+,33-,34-,35+,36+,37+,38+,39-,40-,41+,42+,43+,44+,45+,46+,47+,48-,49+,50-,51-,52-,53-,57-,58+,59+,60-/m0/s1. The number of hydrogen-bond acceptors (Lipinski definition) is 27. The van der Waals surface area contributed by atoms with Crippen LogP contribution in [0, 0.1) is 50.2 Å². The Morgan fingerprint density at radius 2 is 1.03 bits per heavy atom. The summed E-state index contributed by atoms with van der Waals surface area (Å²) in [6.45, 7) is 14.4. The maximum absolute atomic E-state index is 15.2. The maximum atomic E-state index is 15.2. The summed E-state index contributed by atoms with van der Waals surface area (Å²) in [4.78, 5) is 15.2. The van der Waals surface area contributed by atoms with E-state index in [1.54, 1.807) is 0 Å². The number of carbonyl (C=O) groups is 1. The molecule has 87 heavy (non-hydrogen) atoms. The molecule has 500 valence electrons. The third-order valence-electron chi connectivity index (χ3n) is 23.5. The molecule has 5 saturated heterocycles. The van der Waals surface area contributed by atoms with Gasteiger partial charge in [0.1, 0.15) is 116 Å². The number of ether oxygens (including phenoxy) is 10. The molecule has 0 radical (unpaired) electrons. The Morgan fingerprint density at radius 3 is 1.68 bits per heavy atom. The fourth-order valence-electron chi connectivity index (χ4n) is 17.9. The molecule has 5 aliphatic heterocycles. The molecule has 9 fully saturated rings. The van der Waals surface area contributed by atoms with E-state index < -0.39 is 203 Å². The topological polar surface area (TPSA) is 433 Å². The summed E-state index contributed by atoms with van der Waals surface area (Å²) in [6, 6.07) is 0. The Hall–Kier alpha value is -1.79. The van der Waals surface area contributed by atoms with Gasteiger partial charge < -0.3 is 129 Å². The van der Waals surface area contributed by atoms with Gasteiger partial charge in [0.25, 0.3) is 0 Å². The van der Waals surface area contributed by atoms with Gasteiger partial charge in [0.05, 0.1) is 44.1 Å². The highest BCUT2D eigenvalue weighted by molar-refractivity contribution is 5.79. The van der Waals surface area contributed by atoms with Crippen LogP contribution in [0.1, 0.15) is 120 Å². The second kappa shape index (κ2) is 25.2. The van der Waals surface area contributed by atoms with Gasteiger partial charge in [-0.1, -0.05) is 60.1 Å². The van der Waals surface area contributed by atoms with E-state index in [1.165, 1.54) is 12.5 Å². The van der Waals surface area contributed by atoms with Gasteiger partial charge in [-0.15, -0.1) is 0 Å². The first-order chi connectivity index (χ1) is 40.7. The predicted molar refractivity (Wildman–Crippen MR) is 294 cm³/mol. The van der Waals surface area contributed by atoms with Gasteiger partial charge in [-0.05, 0) is 116 Å². The number of allylic oxidation sites excluding steroid dienone is 2. The Kier molecular flexibility index (Phi) is 19.7. The first kappa shape index (κ1) is 68.1. The maximum Gasteiger partial charge on any atom is 0.315 e. The minimum atomic E-state index is -1.90. The smallest absolute Gasteiger partial charge is 0.315 e. The van der Waals surface area contributed by atoms with Crippen molar-refractivity contribution < 1.29 is 134 Å². The van der Waals surface area contributed by atoms with Crippen molar-refractivity contribution in [2.24, 2.45) is 50.2 Å². The Bertz CT molecular complexity index is 2420. The van der Waals surface area contributed by atoms with Crippen LogP contribution in [0.2, 0.25) is 0 Å². The van der Waals surface area contributed by atoms with Crippen molar-refractivity contribution in [1.29, 1.82) is 0 Å². The first-order valence-corrected chi connectivity index (χ1v) is 31.2. The number of aliphatic hydroxyl groups excluding tert-OH is 16. The van der Waals surface area contributed by atoms with Crippen LogP contribution < -0.4 is 0 Å². The normalized spacial score (nSPS) is 54.0.